The third-order valence-corrected chi connectivity index (χ3v) is 5.60. The van der Waals surface area contributed by atoms with Gasteiger partial charge in [0, 0.05) is 32.3 Å². The van der Waals surface area contributed by atoms with Gasteiger partial charge in [0.1, 0.15) is 5.69 Å². The number of rotatable bonds is 8. The van der Waals surface area contributed by atoms with E-state index >= 15 is 0 Å². The first-order chi connectivity index (χ1) is 13.0. The fourth-order valence-corrected chi connectivity index (χ4v) is 3.93. The molecule has 1 fully saturated rings. The largest absolute Gasteiger partial charge is 0.461 e. The Labute approximate surface area is 163 Å². The number of hydrogen-bond donors (Lipinski definition) is 1. The summed E-state index contributed by atoms with van der Waals surface area (Å²) in [5.74, 6) is -0.223. The van der Waals surface area contributed by atoms with Crippen molar-refractivity contribution in [2.45, 2.75) is 59.3 Å². The standard InChI is InChI=1S/C21H35N3O3/c1-5-27-21(26)20-16(2)18(17(3)23(20)4)10-11-19(25)22-12-15-24-13-8-6-7-9-14-24/h5-15H2,1-4H3,(H,22,25). The molecule has 1 aliphatic heterocycles. The van der Waals surface area contributed by atoms with Crippen LogP contribution in [0.2, 0.25) is 0 Å². The maximum Gasteiger partial charge on any atom is 0.355 e. The van der Waals surface area contributed by atoms with Gasteiger partial charge >= 0.3 is 5.97 Å². The van der Waals surface area contributed by atoms with Crippen LogP contribution in [0.15, 0.2) is 0 Å². The van der Waals surface area contributed by atoms with Crippen molar-refractivity contribution in [2.75, 3.05) is 32.8 Å². The smallest absolute Gasteiger partial charge is 0.355 e. The van der Waals surface area contributed by atoms with Crippen molar-refractivity contribution < 1.29 is 14.3 Å². The summed E-state index contributed by atoms with van der Waals surface area (Å²) in [5.41, 5.74) is 3.60. The van der Waals surface area contributed by atoms with Crippen molar-refractivity contribution in [3.63, 3.8) is 0 Å². The zero-order valence-corrected chi connectivity index (χ0v) is 17.4. The van der Waals surface area contributed by atoms with E-state index in [1.165, 1.54) is 25.7 Å². The molecule has 0 aromatic carbocycles. The summed E-state index contributed by atoms with van der Waals surface area (Å²) in [6.45, 7) is 10.0. The van der Waals surface area contributed by atoms with Crippen LogP contribution in [0.25, 0.3) is 0 Å². The predicted molar refractivity (Wildman–Crippen MR) is 107 cm³/mol. The number of ether oxygens (including phenoxy) is 1. The van der Waals surface area contributed by atoms with E-state index in [-0.39, 0.29) is 11.9 Å². The van der Waals surface area contributed by atoms with E-state index in [0.717, 1.165) is 36.5 Å². The quantitative estimate of drug-likeness (QED) is 0.708. The highest BCUT2D eigenvalue weighted by Crippen LogP contribution is 2.23. The Bertz CT molecular complexity index is 644. The SMILES string of the molecule is CCOC(=O)c1c(C)c(CCC(=O)NCCN2CCCCCC2)c(C)n1C. The van der Waals surface area contributed by atoms with Crippen LogP contribution in [-0.2, 0) is 23.0 Å². The lowest BCUT2D eigenvalue weighted by Crippen LogP contribution is -2.35. The van der Waals surface area contributed by atoms with Gasteiger partial charge in [0.15, 0.2) is 0 Å². The highest BCUT2D eigenvalue weighted by Gasteiger charge is 2.22. The van der Waals surface area contributed by atoms with E-state index in [9.17, 15) is 9.59 Å². The van der Waals surface area contributed by atoms with Crippen LogP contribution in [0.1, 0.15) is 66.3 Å². The molecule has 0 radical (unpaired) electrons. The number of likely N-dealkylation sites (tertiary alicyclic amines) is 1. The lowest BCUT2D eigenvalue weighted by Gasteiger charge is -2.19. The number of carbonyl (C=O) groups is 2. The maximum absolute atomic E-state index is 12.2. The molecule has 152 valence electrons. The molecule has 2 rings (SSSR count). The first-order valence-corrected chi connectivity index (χ1v) is 10.3. The molecule has 1 saturated heterocycles. The molecule has 1 aliphatic rings. The number of carbonyl (C=O) groups excluding carboxylic acids is 2. The predicted octanol–water partition coefficient (Wildman–Crippen LogP) is 2.74. The molecule has 1 aromatic heterocycles. The van der Waals surface area contributed by atoms with Crippen LogP contribution in [0, 0.1) is 13.8 Å². The molecule has 6 heteroatoms. The van der Waals surface area contributed by atoms with E-state index in [1.54, 1.807) is 6.92 Å². The van der Waals surface area contributed by atoms with Gasteiger partial charge in [-0.3, -0.25) is 4.79 Å². The molecule has 0 aliphatic carbocycles. The highest BCUT2D eigenvalue weighted by molar-refractivity contribution is 5.90. The van der Waals surface area contributed by atoms with Gasteiger partial charge in [-0.15, -0.1) is 0 Å². The average Bonchev–Trinajstić information content (AvgIpc) is 2.81. The minimum atomic E-state index is -0.297. The van der Waals surface area contributed by atoms with Crippen LogP contribution in [-0.4, -0.2) is 54.1 Å². The summed E-state index contributed by atoms with van der Waals surface area (Å²) in [4.78, 5) is 26.9. The van der Waals surface area contributed by atoms with Crippen LogP contribution in [0.3, 0.4) is 0 Å². The van der Waals surface area contributed by atoms with Crippen molar-refractivity contribution in [1.29, 1.82) is 0 Å². The molecule has 6 nitrogen and oxygen atoms in total. The summed E-state index contributed by atoms with van der Waals surface area (Å²) in [7, 11) is 1.87. The molecule has 2 heterocycles. The Hall–Kier alpha value is -1.82. The number of esters is 1. The molecule has 0 saturated carbocycles. The van der Waals surface area contributed by atoms with Crippen LogP contribution in [0.4, 0.5) is 0 Å². The Kier molecular flexibility index (Phi) is 8.35. The van der Waals surface area contributed by atoms with Crippen molar-refractivity contribution in [1.82, 2.24) is 14.8 Å². The van der Waals surface area contributed by atoms with Gasteiger partial charge in [-0.25, -0.2) is 4.79 Å². The number of nitrogens with one attached hydrogen (secondary N) is 1. The number of amides is 1. The van der Waals surface area contributed by atoms with E-state index in [1.807, 2.05) is 25.5 Å². The second kappa shape index (κ2) is 10.5. The second-order valence-electron chi connectivity index (χ2n) is 7.42. The summed E-state index contributed by atoms with van der Waals surface area (Å²) >= 11 is 0. The summed E-state index contributed by atoms with van der Waals surface area (Å²) in [6.07, 6.45) is 6.26. The number of hydrogen-bond acceptors (Lipinski definition) is 4. The van der Waals surface area contributed by atoms with E-state index < -0.39 is 0 Å². The number of nitrogens with zero attached hydrogens (tertiary/aromatic N) is 2. The molecule has 0 unspecified atom stereocenters. The minimum absolute atomic E-state index is 0.0742. The Morgan fingerprint density at radius 1 is 1.11 bits per heavy atom. The molecular weight excluding hydrogens is 342 g/mol. The Morgan fingerprint density at radius 3 is 2.41 bits per heavy atom. The van der Waals surface area contributed by atoms with Crippen molar-refractivity contribution in [3.8, 4) is 0 Å². The summed E-state index contributed by atoms with van der Waals surface area (Å²) in [5, 5.41) is 3.04. The first kappa shape index (κ1) is 21.5. The topological polar surface area (TPSA) is 63.6 Å². The first-order valence-electron chi connectivity index (χ1n) is 10.3. The fourth-order valence-electron chi connectivity index (χ4n) is 3.93. The van der Waals surface area contributed by atoms with Gasteiger partial charge in [0.2, 0.25) is 5.91 Å². The minimum Gasteiger partial charge on any atom is -0.461 e. The van der Waals surface area contributed by atoms with E-state index in [2.05, 4.69) is 10.2 Å². The summed E-state index contributed by atoms with van der Waals surface area (Å²) < 4.78 is 7.03. The molecule has 0 atom stereocenters. The van der Waals surface area contributed by atoms with Gasteiger partial charge < -0.3 is 19.5 Å². The molecule has 1 amide bonds. The number of aromatic nitrogens is 1. The van der Waals surface area contributed by atoms with Crippen molar-refractivity contribution in [2.24, 2.45) is 7.05 Å². The van der Waals surface area contributed by atoms with Crippen LogP contribution < -0.4 is 5.32 Å². The van der Waals surface area contributed by atoms with Gasteiger partial charge in [0.25, 0.3) is 0 Å². The fraction of sp³-hybridized carbons (Fsp3) is 0.714. The zero-order valence-electron chi connectivity index (χ0n) is 17.4. The summed E-state index contributed by atoms with van der Waals surface area (Å²) in [6, 6.07) is 0. The zero-order chi connectivity index (χ0) is 19.8. The monoisotopic (exact) mass is 377 g/mol. The highest BCUT2D eigenvalue weighted by atomic mass is 16.5. The second-order valence-corrected chi connectivity index (χ2v) is 7.42. The van der Waals surface area contributed by atoms with Gasteiger partial charge in [-0.1, -0.05) is 12.8 Å². The lowest BCUT2D eigenvalue weighted by atomic mass is 10.0. The van der Waals surface area contributed by atoms with Gasteiger partial charge in [-0.2, -0.15) is 0 Å². The van der Waals surface area contributed by atoms with Crippen molar-refractivity contribution >= 4 is 11.9 Å². The lowest BCUT2D eigenvalue weighted by molar-refractivity contribution is -0.121. The van der Waals surface area contributed by atoms with E-state index in [4.69, 9.17) is 4.74 Å². The maximum atomic E-state index is 12.2. The normalized spacial score (nSPS) is 15.4. The van der Waals surface area contributed by atoms with Crippen molar-refractivity contribution in [3.05, 3.63) is 22.5 Å². The van der Waals surface area contributed by atoms with E-state index in [0.29, 0.717) is 31.7 Å². The van der Waals surface area contributed by atoms with Gasteiger partial charge in [-0.05, 0) is 64.3 Å². The molecule has 1 N–H and O–H groups in total. The van der Waals surface area contributed by atoms with Gasteiger partial charge in [0.05, 0.1) is 6.61 Å². The molecular formula is C21H35N3O3. The molecule has 27 heavy (non-hydrogen) atoms. The molecule has 1 aromatic rings. The Morgan fingerprint density at radius 2 is 1.78 bits per heavy atom. The third kappa shape index (κ3) is 5.83. The van der Waals surface area contributed by atoms with Crippen LogP contribution in [0.5, 0.6) is 0 Å². The Balaban J connectivity index is 1.84. The molecule has 0 spiro atoms. The van der Waals surface area contributed by atoms with Crippen LogP contribution >= 0.6 is 0 Å². The molecule has 0 bridgehead atoms. The average molecular weight is 378 g/mol. The third-order valence-electron chi connectivity index (χ3n) is 5.60.